The number of para-hydroxylation sites is 1. The Labute approximate surface area is 119 Å². The molecule has 1 aromatic carbocycles. The van der Waals surface area contributed by atoms with Crippen molar-refractivity contribution in [2.45, 2.75) is 25.9 Å². The average Bonchev–Trinajstić information content (AvgIpc) is 2.46. The lowest BCUT2D eigenvalue weighted by atomic mass is 10.1. The molecule has 0 unspecified atom stereocenters. The Morgan fingerprint density at radius 3 is 3.05 bits per heavy atom. The first-order chi connectivity index (χ1) is 9.70. The van der Waals surface area contributed by atoms with Gasteiger partial charge in [0.1, 0.15) is 5.75 Å². The summed E-state index contributed by atoms with van der Waals surface area (Å²) in [5.74, 6) is 0.716. The van der Waals surface area contributed by atoms with Crippen LogP contribution in [-0.2, 0) is 4.79 Å². The van der Waals surface area contributed by atoms with E-state index in [4.69, 9.17) is 4.74 Å². The molecule has 4 heteroatoms. The molecule has 1 aliphatic heterocycles. The largest absolute Gasteiger partial charge is 0.493 e. The van der Waals surface area contributed by atoms with Crippen LogP contribution in [-0.4, -0.2) is 41.7 Å². The molecule has 0 bridgehead atoms. The van der Waals surface area contributed by atoms with E-state index < -0.39 is 6.10 Å². The van der Waals surface area contributed by atoms with Gasteiger partial charge in [-0.1, -0.05) is 18.2 Å². The standard InChI is InChI=1S/C16H21NO3/c1-2-20-15-8-4-3-6-13(15)9-10-16(19)17-11-5-7-14(18)12-17/h3-4,6,8-10,14,18H,2,5,7,11-12H2,1H3/b10-9+/t14-/m0/s1. The molecular formula is C16H21NO3. The van der Waals surface area contributed by atoms with Crippen molar-refractivity contribution in [3.8, 4) is 5.75 Å². The maximum absolute atomic E-state index is 12.1. The highest BCUT2D eigenvalue weighted by atomic mass is 16.5. The molecule has 2 rings (SSSR count). The third-order valence-electron chi connectivity index (χ3n) is 3.33. The number of carbonyl (C=O) groups excluding carboxylic acids is 1. The predicted octanol–water partition coefficient (Wildman–Crippen LogP) is 2.08. The summed E-state index contributed by atoms with van der Waals surface area (Å²) in [6.45, 7) is 3.67. The van der Waals surface area contributed by atoms with Gasteiger partial charge < -0.3 is 14.7 Å². The molecule has 1 atom stereocenters. The van der Waals surface area contributed by atoms with Crippen molar-refractivity contribution >= 4 is 12.0 Å². The zero-order chi connectivity index (χ0) is 14.4. The first-order valence-corrected chi connectivity index (χ1v) is 7.07. The third kappa shape index (κ3) is 3.84. The molecule has 0 saturated carbocycles. The number of benzene rings is 1. The van der Waals surface area contributed by atoms with Crippen LogP contribution < -0.4 is 4.74 Å². The molecule has 0 spiro atoms. The van der Waals surface area contributed by atoms with E-state index in [9.17, 15) is 9.90 Å². The van der Waals surface area contributed by atoms with Crippen LogP contribution in [0.1, 0.15) is 25.3 Å². The monoisotopic (exact) mass is 275 g/mol. The summed E-state index contributed by atoms with van der Waals surface area (Å²) in [5.41, 5.74) is 0.889. The molecule has 0 aliphatic carbocycles. The quantitative estimate of drug-likeness (QED) is 0.856. The van der Waals surface area contributed by atoms with Gasteiger partial charge in [0.2, 0.25) is 5.91 Å². The van der Waals surface area contributed by atoms with Crippen molar-refractivity contribution in [3.05, 3.63) is 35.9 Å². The second-order valence-corrected chi connectivity index (χ2v) is 4.88. The summed E-state index contributed by atoms with van der Waals surface area (Å²) in [4.78, 5) is 13.8. The summed E-state index contributed by atoms with van der Waals surface area (Å²) in [7, 11) is 0. The van der Waals surface area contributed by atoms with Gasteiger partial charge in [0, 0.05) is 24.7 Å². The van der Waals surface area contributed by atoms with E-state index in [-0.39, 0.29) is 5.91 Å². The van der Waals surface area contributed by atoms with Crippen molar-refractivity contribution in [3.63, 3.8) is 0 Å². The van der Waals surface area contributed by atoms with Crippen LogP contribution in [0.15, 0.2) is 30.3 Å². The molecule has 1 fully saturated rings. The van der Waals surface area contributed by atoms with Crippen LogP contribution in [0.2, 0.25) is 0 Å². The van der Waals surface area contributed by atoms with Crippen LogP contribution in [0.4, 0.5) is 0 Å². The average molecular weight is 275 g/mol. The highest BCUT2D eigenvalue weighted by molar-refractivity contribution is 5.92. The molecule has 0 aromatic heterocycles. The first kappa shape index (κ1) is 14.6. The van der Waals surface area contributed by atoms with Crippen LogP contribution >= 0.6 is 0 Å². The summed E-state index contributed by atoms with van der Waals surface area (Å²) in [5, 5.41) is 9.59. The van der Waals surface area contributed by atoms with Crippen molar-refractivity contribution < 1.29 is 14.6 Å². The van der Waals surface area contributed by atoms with Crippen LogP contribution in [0.3, 0.4) is 0 Å². The highest BCUT2D eigenvalue weighted by Gasteiger charge is 2.20. The second kappa shape index (κ2) is 7.10. The van der Waals surface area contributed by atoms with Crippen LogP contribution in [0.25, 0.3) is 6.08 Å². The number of aliphatic hydroxyl groups is 1. The Balaban J connectivity index is 2.03. The SMILES string of the molecule is CCOc1ccccc1/C=C/C(=O)N1CCC[C@H](O)C1. The predicted molar refractivity (Wildman–Crippen MR) is 78.5 cm³/mol. The van der Waals surface area contributed by atoms with Gasteiger partial charge in [-0.15, -0.1) is 0 Å². The topological polar surface area (TPSA) is 49.8 Å². The lowest BCUT2D eigenvalue weighted by molar-refractivity contribution is -0.128. The fraction of sp³-hybridized carbons (Fsp3) is 0.438. The molecular weight excluding hydrogens is 254 g/mol. The van der Waals surface area contributed by atoms with E-state index in [1.807, 2.05) is 31.2 Å². The zero-order valence-corrected chi connectivity index (χ0v) is 11.8. The van der Waals surface area contributed by atoms with E-state index in [2.05, 4.69) is 0 Å². The molecule has 20 heavy (non-hydrogen) atoms. The Morgan fingerprint density at radius 1 is 1.50 bits per heavy atom. The number of hydrogen-bond donors (Lipinski definition) is 1. The van der Waals surface area contributed by atoms with Crippen molar-refractivity contribution in [1.29, 1.82) is 0 Å². The number of ether oxygens (including phenoxy) is 1. The number of rotatable bonds is 4. The summed E-state index contributed by atoms with van der Waals surface area (Å²) in [6, 6.07) is 7.63. The van der Waals surface area contributed by atoms with Gasteiger partial charge >= 0.3 is 0 Å². The molecule has 108 valence electrons. The fourth-order valence-electron chi connectivity index (χ4n) is 2.33. The number of β-amino-alcohol motifs (C(OH)–C–C–N with tert-alkyl or cyclic N) is 1. The van der Waals surface area contributed by atoms with Gasteiger partial charge in [0.15, 0.2) is 0 Å². The minimum Gasteiger partial charge on any atom is -0.493 e. The maximum Gasteiger partial charge on any atom is 0.246 e. The van der Waals surface area contributed by atoms with Crippen LogP contribution in [0, 0.1) is 0 Å². The molecule has 1 amide bonds. The van der Waals surface area contributed by atoms with Crippen molar-refractivity contribution in [2.75, 3.05) is 19.7 Å². The number of aliphatic hydroxyl groups excluding tert-OH is 1. The molecule has 1 aromatic rings. The molecule has 1 N–H and O–H groups in total. The van der Waals surface area contributed by atoms with Crippen molar-refractivity contribution in [1.82, 2.24) is 4.90 Å². The van der Waals surface area contributed by atoms with Gasteiger partial charge in [-0.2, -0.15) is 0 Å². The summed E-state index contributed by atoms with van der Waals surface area (Å²) >= 11 is 0. The molecule has 1 aliphatic rings. The van der Waals surface area contributed by atoms with Gasteiger partial charge in [0.25, 0.3) is 0 Å². The number of hydrogen-bond acceptors (Lipinski definition) is 3. The van der Waals surface area contributed by atoms with Gasteiger partial charge in [-0.25, -0.2) is 0 Å². The highest BCUT2D eigenvalue weighted by Crippen LogP contribution is 2.19. The molecule has 1 saturated heterocycles. The number of amides is 1. The van der Waals surface area contributed by atoms with Gasteiger partial charge in [0.05, 0.1) is 12.7 Å². The van der Waals surface area contributed by atoms with Crippen molar-refractivity contribution in [2.24, 2.45) is 0 Å². The Morgan fingerprint density at radius 2 is 2.30 bits per heavy atom. The minimum atomic E-state index is -0.392. The Kier molecular flexibility index (Phi) is 5.18. The lowest BCUT2D eigenvalue weighted by Crippen LogP contribution is -2.41. The number of carbonyl (C=O) groups is 1. The second-order valence-electron chi connectivity index (χ2n) is 4.88. The lowest BCUT2D eigenvalue weighted by Gasteiger charge is -2.29. The molecule has 1 heterocycles. The van der Waals surface area contributed by atoms with Gasteiger partial charge in [-0.3, -0.25) is 4.79 Å². The van der Waals surface area contributed by atoms with Gasteiger partial charge in [-0.05, 0) is 31.9 Å². The van der Waals surface area contributed by atoms with E-state index in [0.717, 1.165) is 24.2 Å². The maximum atomic E-state index is 12.1. The van der Waals surface area contributed by atoms with E-state index in [1.165, 1.54) is 0 Å². The Bertz CT molecular complexity index is 484. The molecule has 4 nitrogen and oxygen atoms in total. The number of nitrogens with zero attached hydrogens (tertiary/aromatic N) is 1. The van der Waals surface area contributed by atoms with E-state index in [1.54, 1.807) is 17.1 Å². The third-order valence-corrected chi connectivity index (χ3v) is 3.33. The fourth-order valence-corrected chi connectivity index (χ4v) is 2.33. The molecule has 0 radical (unpaired) electrons. The zero-order valence-electron chi connectivity index (χ0n) is 11.8. The summed E-state index contributed by atoms with van der Waals surface area (Å²) in [6.07, 6.45) is 4.57. The number of likely N-dealkylation sites (tertiary alicyclic amines) is 1. The van der Waals surface area contributed by atoms with E-state index in [0.29, 0.717) is 19.7 Å². The smallest absolute Gasteiger partial charge is 0.246 e. The normalized spacial score (nSPS) is 19.3. The number of piperidine rings is 1. The van der Waals surface area contributed by atoms with E-state index >= 15 is 0 Å². The summed E-state index contributed by atoms with van der Waals surface area (Å²) < 4.78 is 5.52. The van der Waals surface area contributed by atoms with Crippen LogP contribution in [0.5, 0.6) is 5.75 Å². The Hall–Kier alpha value is -1.81. The first-order valence-electron chi connectivity index (χ1n) is 7.07. The minimum absolute atomic E-state index is 0.0601.